The summed E-state index contributed by atoms with van der Waals surface area (Å²) in [7, 11) is 0. The molecule has 128 valence electrons. The standard InChI is InChI=1S/C18H23N3O3/c22-16-10-15(12-21(16)11-13-6-7-13)18(24)20-9-8-19-17(23)14-4-2-1-3-5-14/h1-5,13,15H,6-12H2,(H,19,23)(H,20,24)/t15-/m0/s1. The lowest BCUT2D eigenvalue weighted by Gasteiger charge is -2.16. The molecule has 0 radical (unpaired) electrons. The van der Waals surface area contributed by atoms with E-state index in [1.54, 1.807) is 24.3 Å². The number of hydrogen-bond acceptors (Lipinski definition) is 3. The molecule has 0 spiro atoms. The highest BCUT2D eigenvalue weighted by Gasteiger charge is 2.36. The van der Waals surface area contributed by atoms with Gasteiger partial charge in [-0.25, -0.2) is 0 Å². The van der Waals surface area contributed by atoms with Gasteiger partial charge >= 0.3 is 0 Å². The van der Waals surface area contributed by atoms with Crippen molar-refractivity contribution in [3.05, 3.63) is 35.9 Å². The average Bonchev–Trinajstić information content (AvgIpc) is 3.34. The van der Waals surface area contributed by atoms with E-state index < -0.39 is 0 Å². The molecule has 6 nitrogen and oxygen atoms in total. The Bertz CT molecular complexity index is 613. The lowest BCUT2D eigenvalue weighted by molar-refractivity contribution is -0.129. The molecule has 3 amide bonds. The maximum atomic E-state index is 12.1. The molecule has 2 fully saturated rings. The Kier molecular flexibility index (Phi) is 5.13. The SMILES string of the molecule is O=C(NCCNC(=O)[C@H]1CC(=O)N(CC2CC2)C1)c1ccccc1. The van der Waals surface area contributed by atoms with Crippen molar-refractivity contribution in [2.75, 3.05) is 26.2 Å². The Labute approximate surface area is 141 Å². The predicted molar refractivity (Wildman–Crippen MR) is 89.2 cm³/mol. The zero-order chi connectivity index (χ0) is 16.9. The third kappa shape index (κ3) is 4.34. The molecule has 1 saturated heterocycles. The van der Waals surface area contributed by atoms with Crippen LogP contribution in [0.3, 0.4) is 0 Å². The van der Waals surface area contributed by atoms with Crippen molar-refractivity contribution in [1.82, 2.24) is 15.5 Å². The Morgan fingerprint density at radius 3 is 2.50 bits per heavy atom. The molecular formula is C18H23N3O3. The van der Waals surface area contributed by atoms with Gasteiger partial charge in [0.05, 0.1) is 5.92 Å². The largest absolute Gasteiger partial charge is 0.354 e. The molecule has 24 heavy (non-hydrogen) atoms. The fourth-order valence-corrected chi connectivity index (χ4v) is 2.93. The first-order valence-electron chi connectivity index (χ1n) is 8.52. The second-order valence-electron chi connectivity index (χ2n) is 6.56. The molecule has 6 heteroatoms. The number of carbonyl (C=O) groups excluding carboxylic acids is 3. The van der Waals surface area contributed by atoms with Gasteiger partial charge in [0.1, 0.15) is 0 Å². The van der Waals surface area contributed by atoms with Gasteiger partial charge in [-0.05, 0) is 30.9 Å². The van der Waals surface area contributed by atoms with Crippen LogP contribution >= 0.6 is 0 Å². The van der Waals surface area contributed by atoms with E-state index in [0.717, 1.165) is 6.54 Å². The average molecular weight is 329 g/mol. The van der Waals surface area contributed by atoms with E-state index in [-0.39, 0.29) is 23.6 Å². The molecular weight excluding hydrogens is 306 g/mol. The molecule has 1 aliphatic heterocycles. The topological polar surface area (TPSA) is 78.5 Å². The normalized spacial score (nSPS) is 20.1. The zero-order valence-corrected chi connectivity index (χ0v) is 13.7. The lowest BCUT2D eigenvalue weighted by atomic mass is 10.1. The van der Waals surface area contributed by atoms with Crippen LogP contribution in [-0.4, -0.2) is 48.8 Å². The summed E-state index contributed by atoms with van der Waals surface area (Å²) in [5.41, 5.74) is 0.598. The van der Waals surface area contributed by atoms with E-state index in [4.69, 9.17) is 0 Å². The van der Waals surface area contributed by atoms with E-state index in [2.05, 4.69) is 10.6 Å². The van der Waals surface area contributed by atoms with E-state index in [1.165, 1.54) is 12.8 Å². The van der Waals surface area contributed by atoms with E-state index in [1.807, 2.05) is 11.0 Å². The maximum Gasteiger partial charge on any atom is 0.251 e. The second kappa shape index (κ2) is 7.47. The van der Waals surface area contributed by atoms with Crippen LogP contribution in [0, 0.1) is 11.8 Å². The Morgan fingerprint density at radius 1 is 1.08 bits per heavy atom. The second-order valence-corrected chi connectivity index (χ2v) is 6.56. The van der Waals surface area contributed by atoms with Crippen LogP contribution < -0.4 is 10.6 Å². The number of carbonyl (C=O) groups is 3. The molecule has 1 aromatic carbocycles. The molecule has 1 saturated carbocycles. The van der Waals surface area contributed by atoms with Crippen molar-refractivity contribution in [3.63, 3.8) is 0 Å². The smallest absolute Gasteiger partial charge is 0.251 e. The first-order valence-corrected chi connectivity index (χ1v) is 8.52. The van der Waals surface area contributed by atoms with Crippen molar-refractivity contribution in [2.45, 2.75) is 19.3 Å². The van der Waals surface area contributed by atoms with Gasteiger partial charge in [0.2, 0.25) is 11.8 Å². The van der Waals surface area contributed by atoms with Crippen molar-refractivity contribution in [2.24, 2.45) is 11.8 Å². The number of likely N-dealkylation sites (tertiary alicyclic amines) is 1. The highest BCUT2D eigenvalue weighted by atomic mass is 16.2. The van der Waals surface area contributed by atoms with E-state index >= 15 is 0 Å². The minimum Gasteiger partial charge on any atom is -0.354 e. The Hall–Kier alpha value is -2.37. The summed E-state index contributed by atoms with van der Waals surface area (Å²) < 4.78 is 0. The maximum absolute atomic E-state index is 12.1. The Morgan fingerprint density at radius 2 is 1.79 bits per heavy atom. The first-order chi connectivity index (χ1) is 11.6. The van der Waals surface area contributed by atoms with Gasteiger partial charge in [0.25, 0.3) is 5.91 Å². The van der Waals surface area contributed by atoms with E-state index in [0.29, 0.717) is 37.5 Å². The number of nitrogens with one attached hydrogen (secondary N) is 2. The van der Waals surface area contributed by atoms with Crippen LogP contribution in [0.5, 0.6) is 0 Å². The molecule has 1 aliphatic carbocycles. The van der Waals surface area contributed by atoms with Crippen LogP contribution in [0.1, 0.15) is 29.6 Å². The number of benzene rings is 1. The number of nitrogens with zero attached hydrogens (tertiary/aromatic N) is 1. The van der Waals surface area contributed by atoms with Crippen LogP contribution in [0.25, 0.3) is 0 Å². The summed E-state index contributed by atoms with van der Waals surface area (Å²) in [6.07, 6.45) is 2.69. The summed E-state index contributed by atoms with van der Waals surface area (Å²) in [5, 5.41) is 5.57. The van der Waals surface area contributed by atoms with Crippen molar-refractivity contribution in [3.8, 4) is 0 Å². The highest BCUT2D eigenvalue weighted by Crippen LogP contribution is 2.31. The molecule has 3 rings (SSSR count). The Balaban J connectivity index is 1.35. The van der Waals surface area contributed by atoms with Gasteiger partial charge < -0.3 is 15.5 Å². The minimum absolute atomic E-state index is 0.0828. The summed E-state index contributed by atoms with van der Waals surface area (Å²) >= 11 is 0. The van der Waals surface area contributed by atoms with Crippen molar-refractivity contribution < 1.29 is 14.4 Å². The summed E-state index contributed by atoms with van der Waals surface area (Å²) in [6.45, 7) is 2.06. The van der Waals surface area contributed by atoms with Crippen LogP contribution in [0.2, 0.25) is 0 Å². The van der Waals surface area contributed by atoms with Crippen LogP contribution in [0.4, 0.5) is 0 Å². The summed E-state index contributed by atoms with van der Waals surface area (Å²) in [6, 6.07) is 8.95. The van der Waals surface area contributed by atoms with Crippen LogP contribution in [-0.2, 0) is 9.59 Å². The minimum atomic E-state index is -0.263. The van der Waals surface area contributed by atoms with Gasteiger partial charge in [0.15, 0.2) is 0 Å². The monoisotopic (exact) mass is 329 g/mol. The van der Waals surface area contributed by atoms with Crippen molar-refractivity contribution >= 4 is 17.7 Å². The van der Waals surface area contributed by atoms with Gasteiger partial charge in [-0.3, -0.25) is 14.4 Å². The number of hydrogen-bond donors (Lipinski definition) is 2. The molecule has 0 aromatic heterocycles. The molecule has 0 unspecified atom stereocenters. The summed E-state index contributed by atoms with van der Waals surface area (Å²) in [4.78, 5) is 37.8. The fourth-order valence-electron chi connectivity index (χ4n) is 2.93. The molecule has 1 aromatic rings. The quantitative estimate of drug-likeness (QED) is 0.726. The fraction of sp³-hybridized carbons (Fsp3) is 0.500. The van der Waals surface area contributed by atoms with Gasteiger partial charge in [0, 0.05) is 38.2 Å². The zero-order valence-electron chi connectivity index (χ0n) is 13.7. The summed E-state index contributed by atoms with van der Waals surface area (Å²) in [5.74, 6) is 0.205. The van der Waals surface area contributed by atoms with Crippen molar-refractivity contribution in [1.29, 1.82) is 0 Å². The predicted octanol–water partition coefficient (Wildman–Crippen LogP) is 0.791. The molecule has 1 atom stereocenters. The number of amides is 3. The highest BCUT2D eigenvalue weighted by molar-refractivity contribution is 5.94. The first kappa shape index (κ1) is 16.5. The molecule has 1 heterocycles. The molecule has 2 aliphatic rings. The molecule has 2 N–H and O–H groups in total. The molecule has 0 bridgehead atoms. The van der Waals surface area contributed by atoms with Gasteiger partial charge in [-0.2, -0.15) is 0 Å². The van der Waals surface area contributed by atoms with Gasteiger partial charge in [-0.15, -0.1) is 0 Å². The third-order valence-corrected chi connectivity index (χ3v) is 4.51. The lowest BCUT2D eigenvalue weighted by Crippen LogP contribution is -2.38. The van der Waals surface area contributed by atoms with Gasteiger partial charge in [-0.1, -0.05) is 18.2 Å². The number of rotatable bonds is 7. The third-order valence-electron chi connectivity index (χ3n) is 4.51. The van der Waals surface area contributed by atoms with E-state index in [9.17, 15) is 14.4 Å². The van der Waals surface area contributed by atoms with Crippen LogP contribution in [0.15, 0.2) is 30.3 Å².